The van der Waals surface area contributed by atoms with Gasteiger partial charge < -0.3 is 10.4 Å². The number of hydrogen-bond acceptors (Lipinski definition) is 2. The number of aliphatic hydroxyl groups is 1. The lowest BCUT2D eigenvalue weighted by molar-refractivity contribution is -0.0127. The van der Waals surface area contributed by atoms with Gasteiger partial charge in [0.05, 0.1) is 6.10 Å². The number of aliphatic hydroxyl groups excluding tert-OH is 1. The van der Waals surface area contributed by atoms with Gasteiger partial charge in [0.15, 0.2) is 0 Å². The lowest BCUT2D eigenvalue weighted by atomic mass is 9.51. The Labute approximate surface area is 180 Å². The smallest absolute Gasteiger partial charge is 0.0555 e. The van der Waals surface area contributed by atoms with E-state index in [4.69, 9.17) is 0 Å². The average molecular weight is 402 g/mol. The molecule has 0 spiro atoms. The minimum absolute atomic E-state index is 0.0986. The molecule has 0 bridgehead atoms. The zero-order chi connectivity index (χ0) is 20.8. The third-order valence-corrected chi connectivity index (χ3v) is 10.1. The van der Waals surface area contributed by atoms with E-state index in [0.29, 0.717) is 16.9 Å². The summed E-state index contributed by atoms with van der Waals surface area (Å²) in [5.41, 5.74) is 2.68. The Hall–Kier alpha value is -0.340. The summed E-state index contributed by atoms with van der Waals surface area (Å²) < 4.78 is 0. The fourth-order valence-corrected chi connectivity index (χ4v) is 8.38. The third kappa shape index (κ3) is 3.86. The van der Waals surface area contributed by atoms with Gasteiger partial charge in [-0.15, -0.1) is 0 Å². The zero-order valence-corrected chi connectivity index (χ0v) is 19.8. The molecule has 3 fully saturated rings. The van der Waals surface area contributed by atoms with E-state index in [1.165, 1.54) is 51.4 Å². The van der Waals surface area contributed by atoms with Crippen LogP contribution in [0.15, 0.2) is 11.6 Å². The molecule has 1 aliphatic heterocycles. The van der Waals surface area contributed by atoms with Gasteiger partial charge in [-0.2, -0.15) is 0 Å². The second kappa shape index (κ2) is 8.30. The Morgan fingerprint density at radius 1 is 1.00 bits per heavy atom. The largest absolute Gasteiger partial charge is 0.393 e. The van der Waals surface area contributed by atoms with Gasteiger partial charge in [0, 0.05) is 12.6 Å². The molecular formula is C27H47NO. The van der Waals surface area contributed by atoms with Gasteiger partial charge in [0.25, 0.3) is 0 Å². The van der Waals surface area contributed by atoms with E-state index in [-0.39, 0.29) is 6.10 Å². The maximum absolute atomic E-state index is 10.3. The van der Waals surface area contributed by atoms with Crippen molar-refractivity contribution in [1.82, 2.24) is 5.32 Å². The van der Waals surface area contributed by atoms with Crippen molar-refractivity contribution in [3.8, 4) is 0 Å². The second-order valence-electron chi connectivity index (χ2n) is 12.2. The highest BCUT2D eigenvalue weighted by atomic mass is 16.3. The first-order chi connectivity index (χ1) is 13.8. The molecule has 0 aromatic carbocycles. The van der Waals surface area contributed by atoms with Crippen molar-refractivity contribution in [3.63, 3.8) is 0 Å². The normalized spacial score (nSPS) is 45.8. The molecule has 0 amide bonds. The molecule has 0 saturated heterocycles. The molecule has 4 aliphatic rings. The summed E-state index contributed by atoms with van der Waals surface area (Å²) in [6.07, 6.45) is 15.5. The van der Waals surface area contributed by atoms with E-state index in [9.17, 15) is 5.11 Å². The molecule has 8 atom stereocenters. The van der Waals surface area contributed by atoms with E-state index in [0.717, 1.165) is 49.0 Å². The summed E-state index contributed by atoms with van der Waals surface area (Å²) >= 11 is 0. The highest BCUT2D eigenvalue weighted by Crippen LogP contribution is 2.64. The highest BCUT2D eigenvalue weighted by Gasteiger charge is 2.57. The van der Waals surface area contributed by atoms with Crippen LogP contribution in [-0.2, 0) is 0 Å². The first kappa shape index (κ1) is 21.9. The molecule has 3 aliphatic carbocycles. The molecule has 4 unspecified atom stereocenters. The number of fused-ring (bicyclic) bond motifs is 5. The number of allylic oxidation sites excluding steroid dienone is 1. The Kier molecular flexibility index (Phi) is 6.26. The van der Waals surface area contributed by atoms with Crippen LogP contribution in [0.2, 0.25) is 0 Å². The summed E-state index contributed by atoms with van der Waals surface area (Å²) in [5, 5.41) is 14.1. The van der Waals surface area contributed by atoms with E-state index >= 15 is 0 Å². The van der Waals surface area contributed by atoms with E-state index < -0.39 is 0 Å². The summed E-state index contributed by atoms with van der Waals surface area (Å²) in [6.45, 7) is 13.5. The summed E-state index contributed by atoms with van der Waals surface area (Å²) in [6, 6.07) is 0.488. The molecule has 1 heterocycles. The van der Waals surface area contributed by atoms with Crippen molar-refractivity contribution in [2.24, 2.45) is 40.4 Å². The van der Waals surface area contributed by atoms with Gasteiger partial charge in [0.2, 0.25) is 0 Å². The van der Waals surface area contributed by atoms with Crippen LogP contribution in [0.25, 0.3) is 0 Å². The fraction of sp³-hybridized carbons (Fsp3) is 0.926. The molecule has 0 aromatic heterocycles. The Morgan fingerprint density at radius 2 is 1.72 bits per heavy atom. The van der Waals surface area contributed by atoms with Gasteiger partial charge in [-0.05, 0) is 85.4 Å². The zero-order valence-electron chi connectivity index (χ0n) is 19.8. The van der Waals surface area contributed by atoms with Crippen LogP contribution < -0.4 is 5.32 Å². The lowest BCUT2D eigenvalue weighted by Gasteiger charge is -2.54. The van der Waals surface area contributed by atoms with Crippen molar-refractivity contribution in [1.29, 1.82) is 0 Å². The van der Waals surface area contributed by atoms with Crippen LogP contribution >= 0.6 is 0 Å². The molecule has 29 heavy (non-hydrogen) atoms. The first-order valence-corrected chi connectivity index (χ1v) is 12.9. The first-order valence-electron chi connectivity index (χ1n) is 12.9. The molecule has 3 saturated carbocycles. The predicted molar refractivity (Wildman–Crippen MR) is 123 cm³/mol. The van der Waals surface area contributed by atoms with Gasteiger partial charge >= 0.3 is 0 Å². The minimum atomic E-state index is -0.0986. The fourth-order valence-electron chi connectivity index (χ4n) is 8.38. The minimum Gasteiger partial charge on any atom is -0.393 e. The third-order valence-electron chi connectivity index (χ3n) is 10.1. The SMILES string of the molecule is CC(C)CCCC(C)[C@H]1CCC2C3=CCNC4C[C@@H](O)CC[C@]4(C)C3CC[C@@]21C. The van der Waals surface area contributed by atoms with Crippen molar-refractivity contribution in [2.75, 3.05) is 6.54 Å². The molecule has 166 valence electrons. The van der Waals surface area contributed by atoms with Crippen molar-refractivity contribution >= 4 is 0 Å². The number of hydrogen-bond donors (Lipinski definition) is 2. The van der Waals surface area contributed by atoms with Crippen molar-refractivity contribution in [2.45, 2.75) is 111 Å². The summed E-state index contributed by atoms with van der Waals surface area (Å²) in [4.78, 5) is 0. The Bertz CT molecular complexity index is 612. The van der Waals surface area contributed by atoms with Crippen molar-refractivity contribution < 1.29 is 5.11 Å². The monoisotopic (exact) mass is 401 g/mol. The van der Waals surface area contributed by atoms with Crippen molar-refractivity contribution in [3.05, 3.63) is 11.6 Å². The summed E-state index contributed by atoms with van der Waals surface area (Å²) in [5.74, 6) is 4.18. The van der Waals surface area contributed by atoms with E-state index in [2.05, 4.69) is 46.0 Å². The molecule has 0 radical (unpaired) electrons. The lowest BCUT2D eigenvalue weighted by Crippen LogP contribution is -2.53. The number of rotatable bonds is 5. The van der Waals surface area contributed by atoms with Crippen LogP contribution in [0.5, 0.6) is 0 Å². The maximum Gasteiger partial charge on any atom is 0.0555 e. The molecule has 2 heteroatoms. The second-order valence-corrected chi connectivity index (χ2v) is 12.2. The maximum atomic E-state index is 10.3. The van der Waals surface area contributed by atoms with E-state index in [1.807, 2.05) is 5.57 Å². The van der Waals surface area contributed by atoms with Gasteiger partial charge in [0.1, 0.15) is 0 Å². The molecule has 0 aromatic rings. The van der Waals surface area contributed by atoms with Crippen LogP contribution in [-0.4, -0.2) is 23.8 Å². The van der Waals surface area contributed by atoms with E-state index in [1.54, 1.807) is 0 Å². The predicted octanol–water partition coefficient (Wildman–Crippen LogP) is 6.34. The standard InChI is InChI=1S/C27H47NO/c1-18(2)7-6-8-19(3)22-9-10-23-21-13-16-28-25-17-20(29)11-14-27(25,5)24(21)12-15-26(22,23)4/h13,18-20,22-25,28-29H,6-12,14-17H2,1-5H3/t19?,20-,22+,23?,24?,25?,26+,27+/m0/s1. The van der Waals surface area contributed by atoms with Gasteiger partial charge in [-0.25, -0.2) is 0 Å². The number of nitrogens with one attached hydrogen (secondary N) is 1. The van der Waals surface area contributed by atoms with Crippen LogP contribution in [0.4, 0.5) is 0 Å². The van der Waals surface area contributed by atoms with Crippen LogP contribution in [0.1, 0.15) is 98.8 Å². The molecule has 2 N–H and O–H groups in total. The molecular weight excluding hydrogens is 354 g/mol. The summed E-state index contributed by atoms with van der Waals surface area (Å²) in [7, 11) is 0. The van der Waals surface area contributed by atoms with Gasteiger partial charge in [-0.1, -0.05) is 65.5 Å². The Morgan fingerprint density at radius 3 is 2.48 bits per heavy atom. The van der Waals surface area contributed by atoms with Crippen LogP contribution in [0, 0.1) is 40.4 Å². The molecule has 4 rings (SSSR count). The van der Waals surface area contributed by atoms with Gasteiger partial charge in [-0.3, -0.25) is 0 Å². The topological polar surface area (TPSA) is 32.3 Å². The van der Waals surface area contributed by atoms with Crippen LogP contribution in [0.3, 0.4) is 0 Å². The average Bonchev–Trinajstić information content (AvgIpc) is 2.94. The Balaban J connectivity index is 1.51. The quantitative estimate of drug-likeness (QED) is 0.527. The molecule has 2 nitrogen and oxygen atoms in total. The highest BCUT2D eigenvalue weighted by molar-refractivity contribution is 5.27.